The number of ether oxygens (including phenoxy) is 1. The molecule has 0 aliphatic heterocycles. The number of fused-ring (bicyclic) bond motifs is 1. The minimum absolute atomic E-state index is 0.711. The number of benzene rings is 2. The van der Waals surface area contributed by atoms with Gasteiger partial charge >= 0.3 is 0 Å². The van der Waals surface area contributed by atoms with Gasteiger partial charge in [0.15, 0.2) is 0 Å². The topological polar surface area (TPSA) is 58.0 Å². The minimum atomic E-state index is 0.711. The van der Waals surface area contributed by atoms with Crippen molar-refractivity contribution in [2.75, 3.05) is 0 Å². The molecular weight excluding hydrogens is 328 g/mol. The molecule has 0 radical (unpaired) electrons. The minimum Gasteiger partial charge on any atom is -0.457 e. The van der Waals surface area contributed by atoms with Crippen molar-refractivity contribution in [1.82, 2.24) is 19.6 Å². The summed E-state index contributed by atoms with van der Waals surface area (Å²) >= 11 is 0. The van der Waals surface area contributed by atoms with E-state index in [-0.39, 0.29) is 0 Å². The molecule has 0 spiro atoms. The summed E-state index contributed by atoms with van der Waals surface area (Å²) in [5.74, 6) is 1.45. The normalized spacial score (nSPS) is 11.1. The maximum Gasteiger partial charge on any atom is 0.229 e. The van der Waals surface area contributed by atoms with E-state index < -0.39 is 0 Å². The van der Waals surface area contributed by atoms with E-state index in [0.717, 1.165) is 28.3 Å². The maximum atomic E-state index is 6.04. The van der Waals surface area contributed by atoms with Gasteiger partial charge in [0.1, 0.15) is 11.5 Å². The number of nitrogens with zero attached hydrogens (tertiary/aromatic N) is 4. The Balaban J connectivity index is 1.47. The fraction of sp³-hybridized carbons (Fsp3) is 0. The highest BCUT2D eigenvalue weighted by atomic mass is 16.5. The molecule has 0 aliphatic rings. The smallest absolute Gasteiger partial charge is 0.229 e. The van der Waals surface area contributed by atoms with E-state index in [2.05, 4.69) is 10.2 Å². The molecule has 0 unspecified atom stereocenters. The van der Waals surface area contributed by atoms with Crippen LogP contribution in [-0.2, 0) is 0 Å². The lowest BCUT2D eigenvalue weighted by atomic mass is 10.3. The molecule has 3 aromatic heterocycles. The summed E-state index contributed by atoms with van der Waals surface area (Å²) in [6.07, 6.45) is 7.08. The molecule has 5 rings (SSSR count). The van der Waals surface area contributed by atoms with E-state index in [1.165, 1.54) is 0 Å². The third-order valence-corrected chi connectivity index (χ3v) is 4.06. The first-order valence-electron chi connectivity index (χ1n) is 8.16. The van der Waals surface area contributed by atoms with Gasteiger partial charge in [-0.2, -0.15) is 10.2 Å². The highest BCUT2D eigenvalue weighted by Crippen LogP contribution is 2.26. The van der Waals surface area contributed by atoms with E-state index in [1.807, 2.05) is 66.9 Å². The predicted octanol–water partition coefficient (Wildman–Crippen LogP) is 4.60. The van der Waals surface area contributed by atoms with E-state index in [0.29, 0.717) is 5.71 Å². The van der Waals surface area contributed by atoms with Crippen LogP contribution in [0.5, 0.6) is 11.5 Å². The van der Waals surface area contributed by atoms with Crippen molar-refractivity contribution < 1.29 is 9.15 Å². The van der Waals surface area contributed by atoms with Gasteiger partial charge in [-0.25, -0.2) is 9.36 Å². The molecule has 0 fully saturated rings. The van der Waals surface area contributed by atoms with E-state index in [1.54, 1.807) is 28.0 Å². The second kappa shape index (κ2) is 5.93. The number of furan rings is 1. The molecular formula is C20H14N4O2. The first kappa shape index (κ1) is 14.5. The van der Waals surface area contributed by atoms with Gasteiger partial charge in [0.2, 0.25) is 5.71 Å². The number of aromatic nitrogens is 4. The van der Waals surface area contributed by atoms with Gasteiger partial charge in [-0.3, -0.25) is 0 Å². The quantitative estimate of drug-likeness (QED) is 0.479. The second-order valence-electron chi connectivity index (χ2n) is 5.78. The average Bonchev–Trinajstić information content (AvgIpc) is 3.40. The van der Waals surface area contributed by atoms with Gasteiger partial charge in [0, 0.05) is 24.5 Å². The van der Waals surface area contributed by atoms with Crippen LogP contribution in [0.1, 0.15) is 0 Å². The van der Waals surface area contributed by atoms with Crippen LogP contribution in [0.3, 0.4) is 0 Å². The van der Waals surface area contributed by atoms with Crippen molar-refractivity contribution in [1.29, 1.82) is 0 Å². The van der Waals surface area contributed by atoms with Gasteiger partial charge in [-0.1, -0.05) is 12.1 Å². The molecule has 0 aliphatic carbocycles. The van der Waals surface area contributed by atoms with Crippen LogP contribution in [0.25, 0.3) is 22.5 Å². The zero-order valence-electron chi connectivity index (χ0n) is 13.7. The summed E-state index contributed by atoms with van der Waals surface area (Å²) in [6.45, 7) is 0. The van der Waals surface area contributed by atoms with Gasteiger partial charge in [-0.15, -0.1) is 0 Å². The van der Waals surface area contributed by atoms with Gasteiger partial charge in [-0.05, 0) is 36.4 Å². The van der Waals surface area contributed by atoms with Crippen molar-refractivity contribution in [3.63, 3.8) is 0 Å². The zero-order chi connectivity index (χ0) is 17.3. The molecule has 0 amide bonds. The third kappa shape index (κ3) is 2.53. The molecule has 3 heterocycles. The van der Waals surface area contributed by atoms with Crippen LogP contribution in [-0.4, -0.2) is 19.6 Å². The molecule has 5 aromatic rings. The number of hydrogen-bond acceptors (Lipinski definition) is 4. The summed E-state index contributed by atoms with van der Waals surface area (Å²) in [5, 5.41) is 9.58. The van der Waals surface area contributed by atoms with Crippen LogP contribution in [0.2, 0.25) is 0 Å². The average molecular weight is 342 g/mol. The Kier molecular flexibility index (Phi) is 3.31. The maximum absolute atomic E-state index is 6.04. The molecule has 0 atom stereocenters. The molecule has 0 saturated heterocycles. The third-order valence-electron chi connectivity index (χ3n) is 4.06. The highest BCUT2D eigenvalue weighted by Gasteiger charge is 2.09. The summed E-state index contributed by atoms with van der Waals surface area (Å²) in [4.78, 5) is 0. The first-order valence-corrected chi connectivity index (χ1v) is 8.16. The Morgan fingerprint density at radius 1 is 0.846 bits per heavy atom. The van der Waals surface area contributed by atoms with Gasteiger partial charge < -0.3 is 9.15 Å². The summed E-state index contributed by atoms with van der Waals surface area (Å²) in [7, 11) is 0. The second-order valence-corrected chi connectivity index (χ2v) is 5.78. The molecule has 26 heavy (non-hydrogen) atoms. The molecule has 2 aromatic carbocycles. The number of rotatable bonds is 4. The predicted molar refractivity (Wildman–Crippen MR) is 97.0 cm³/mol. The highest BCUT2D eigenvalue weighted by molar-refractivity contribution is 5.74. The van der Waals surface area contributed by atoms with E-state index >= 15 is 0 Å². The standard InChI is InChI=1S/C20H14N4O2/c1-4-16(23-10-3-9-21-23)12-18(6-1)26-19-7-2-5-17(13-19)24-20-15(14-22-24)8-11-25-20/h1-14H. The van der Waals surface area contributed by atoms with Crippen molar-refractivity contribution in [2.24, 2.45) is 0 Å². The fourth-order valence-corrected chi connectivity index (χ4v) is 2.86. The van der Waals surface area contributed by atoms with Crippen LogP contribution in [0.15, 0.2) is 89.9 Å². The van der Waals surface area contributed by atoms with Crippen molar-refractivity contribution in [3.05, 3.63) is 85.5 Å². The molecule has 0 N–H and O–H groups in total. The SMILES string of the molecule is c1cc(Oc2cccc(-n3ncc4ccoc43)c2)cc(-n2cccn2)c1. The lowest BCUT2D eigenvalue weighted by Crippen LogP contribution is -1.96. The van der Waals surface area contributed by atoms with Crippen LogP contribution >= 0.6 is 0 Å². The zero-order valence-corrected chi connectivity index (χ0v) is 13.7. The first-order chi connectivity index (χ1) is 12.9. The van der Waals surface area contributed by atoms with Crippen LogP contribution < -0.4 is 4.74 Å². The Bertz CT molecular complexity index is 1170. The Labute approximate surface area is 148 Å². The molecule has 6 nitrogen and oxygen atoms in total. The monoisotopic (exact) mass is 342 g/mol. The largest absolute Gasteiger partial charge is 0.457 e. The fourth-order valence-electron chi connectivity index (χ4n) is 2.86. The van der Waals surface area contributed by atoms with E-state index in [4.69, 9.17) is 9.15 Å². The molecule has 6 heteroatoms. The van der Waals surface area contributed by atoms with E-state index in [9.17, 15) is 0 Å². The van der Waals surface area contributed by atoms with Crippen molar-refractivity contribution >= 4 is 11.1 Å². The summed E-state index contributed by atoms with van der Waals surface area (Å²) < 4.78 is 15.1. The summed E-state index contributed by atoms with van der Waals surface area (Å²) in [5.41, 5.74) is 2.52. The molecule has 0 saturated carbocycles. The molecule has 126 valence electrons. The summed E-state index contributed by atoms with van der Waals surface area (Å²) in [6, 6.07) is 19.3. The van der Waals surface area contributed by atoms with Gasteiger partial charge in [0.25, 0.3) is 0 Å². The Morgan fingerprint density at radius 2 is 1.65 bits per heavy atom. The van der Waals surface area contributed by atoms with Crippen molar-refractivity contribution in [2.45, 2.75) is 0 Å². The Hall–Kier alpha value is -3.80. The van der Waals surface area contributed by atoms with Crippen LogP contribution in [0, 0.1) is 0 Å². The van der Waals surface area contributed by atoms with Crippen LogP contribution in [0.4, 0.5) is 0 Å². The van der Waals surface area contributed by atoms with Crippen molar-refractivity contribution in [3.8, 4) is 22.9 Å². The lowest BCUT2D eigenvalue weighted by Gasteiger charge is -2.09. The Morgan fingerprint density at radius 3 is 2.46 bits per heavy atom. The lowest BCUT2D eigenvalue weighted by molar-refractivity contribution is 0.481. The van der Waals surface area contributed by atoms with Gasteiger partial charge in [0.05, 0.1) is 29.2 Å². The number of hydrogen-bond donors (Lipinski definition) is 0. The molecule has 0 bridgehead atoms.